The predicted molar refractivity (Wildman–Crippen MR) is 127 cm³/mol. The van der Waals surface area contributed by atoms with E-state index in [0.29, 0.717) is 44.5 Å². The van der Waals surface area contributed by atoms with Crippen LogP contribution in [0, 0.1) is 25.6 Å². The molecular formula is C26H35FN4O3. The van der Waals surface area contributed by atoms with Crippen LogP contribution in [0.1, 0.15) is 55.5 Å². The fourth-order valence-electron chi connectivity index (χ4n) is 5.11. The maximum absolute atomic E-state index is 13.3. The van der Waals surface area contributed by atoms with Gasteiger partial charge in [0.25, 0.3) is 0 Å². The van der Waals surface area contributed by atoms with Crippen LogP contribution in [0.25, 0.3) is 0 Å². The molecule has 7 nitrogen and oxygen atoms in total. The molecule has 0 saturated carbocycles. The molecule has 2 saturated heterocycles. The van der Waals surface area contributed by atoms with Gasteiger partial charge in [0, 0.05) is 57.1 Å². The van der Waals surface area contributed by atoms with Crippen LogP contribution in [-0.4, -0.2) is 64.1 Å². The van der Waals surface area contributed by atoms with Crippen molar-refractivity contribution in [2.24, 2.45) is 5.92 Å². The van der Waals surface area contributed by atoms with Crippen molar-refractivity contribution in [3.63, 3.8) is 0 Å². The van der Waals surface area contributed by atoms with Crippen LogP contribution in [0.4, 0.5) is 4.39 Å². The Labute approximate surface area is 200 Å². The van der Waals surface area contributed by atoms with Crippen molar-refractivity contribution in [3.8, 4) is 5.75 Å². The summed E-state index contributed by atoms with van der Waals surface area (Å²) in [7, 11) is 0. The number of ether oxygens (including phenoxy) is 1. The molecule has 4 rings (SSSR count). The molecule has 0 unspecified atom stereocenters. The topological polar surface area (TPSA) is 78.5 Å². The van der Waals surface area contributed by atoms with Gasteiger partial charge in [0.2, 0.25) is 11.8 Å². The van der Waals surface area contributed by atoms with Gasteiger partial charge in [-0.3, -0.25) is 14.7 Å². The van der Waals surface area contributed by atoms with Gasteiger partial charge in [-0.25, -0.2) is 4.39 Å². The summed E-state index contributed by atoms with van der Waals surface area (Å²) >= 11 is 0. The maximum Gasteiger partial charge on any atom is 0.223 e. The minimum atomic E-state index is -0.312. The molecule has 1 aromatic heterocycles. The van der Waals surface area contributed by atoms with E-state index in [1.54, 1.807) is 12.1 Å². The molecule has 34 heavy (non-hydrogen) atoms. The van der Waals surface area contributed by atoms with E-state index in [9.17, 15) is 14.0 Å². The molecule has 1 aromatic carbocycles. The van der Waals surface area contributed by atoms with Gasteiger partial charge in [0.05, 0.1) is 5.69 Å². The summed E-state index contributed by atoms with van der Waals surface area (Å²) in [5.74, 6) is 0.404. The minimum Gasteiger partial charge on any atom is -0.490 e. The van der Waals surface area contributed by atoms with Crippen molar-refractivity contribution < 1.29 is 18.7 Å². The highest BCUT2D eigenvalue weighted by molar-refractivity contribution is 5.78. The van der Waals surface area contributed by atoms with E-state index in [1.165, 1.54) is 18.6 Å². The van der Waals surface area contributed by atoms with Gasteiger partial charge in [-0.05, 0) is 69.4 Å². The highest BCUT2D eigenvalue weighted by Crippen LogP contribution is 2.28. The van der Waals surface area contributed by atoms with Crippen molar-refractivity contribution >= 4 is 11.8 Å². The van der Waals surface area contributed by atoms with Crippen molar-refractivity contribution in [1.82, 2.24) is 20.0 Å². The van der Waals surface area contributed by atoms with E-state index in [-0.39, 0.29) is 29.7 Å². The summed E-state index contributed by atoms with van der Waals surface area (Å²) in [5.41, 5.74) is 3.03. The number of likely N-dealkylation sites (tertiary alicyclic amines) is 2. The highest BCUT2D eigenvalue weighted by Gasteiger charge is 2.35. The van der Waals surface area contributed by atoms with E-state index < -0.39 is 0 Å². The quantitative estimate of drug-likeness (QED) is 0.668. The highest BCUT2D eigenvalue weighted by atomic mass is 19.1. The van der Waals surface area contributed by atoms with E-state index in [0.717, 1.165) is 42.9 Å². The van der Waals surface area contributed by atoms with Crippen LogP contribution in [-0.2, 0) is 16.0 Å². The van der Waals surface area contributed by atoms with Crippen LogP contribution < -0.4 is 4.74 Å². The smallest absolute Gasteiger partial charge is 0.223 e. The Balaban J connectivity index is 1.41. The zero-order valence-corrected chi connectivity index (χ0v) is 20.2. The second-order valence-electron chi connectivity index (χ2n) is 9.56. The van der Waals surface area contributed by atoms with Crippen LogP contribution in [0.5, 0.6) is 5.75 Å². The summed E-state index contributed by atoms with van der Waals surface area (Å²) in [6.45, 7) is 6.61. The summed E-state index contributed by atoms with van der Waals surface area (Å²) < 4.78 is 19.5. The first-order valence-electron chi connectivity index (χ1n) is 12.4. The van der Waals surface area contributed by atoms with Gasteiger partial charge in [0.1, 0.15) is 17.7 Å². The summed E-state index contributed by atoms with van der Waals surface area (Å²) in [6.07, 6.45) is 5.13. The molecule has 1 N–H and O–H groups in total. The number of aryl methyl sites for hydroxylation is 2. The van der Waals surface area contributed by atoms with Crippen molar-refractivity contribution in [1.29, 1.82) is 0 Å². The molecule has 2 aliphatic rings. The average Bonchev–Trinajstić information content (AvgIpc) is 3.17. The van der Waals surface area contributed by atoms with E-state index in [2.05, 4.69) is 10.2 Å². The Bertz CT molecular complexity index is 965. The molecule has 2 aliphatic heterocycles. The molecule has 8 heteroatoms. The minimum absolute atomic E-state index is 0.0932. The summed E-state index contributed by atoms with van der Waals surface area (Å²) in [6, 6.07) is 5.99. The zero-order chi connectivity index (χ0) is 24.1. The van der Waals surface area contributed by atoms with Gasteiger partial charge in [-0.2, -0.15) is 5.10 Å². The standard InChI is InChI=1S/C26H35FN4O3/c1-18-23(19(2)29-28-18)10-11-25(32)31-15-12-24(34-22-8-6-21(27)7-9-22)20(17-31)16-26(33)30-13-4-3-5-14-30/h6-9,20,24H,3-5,10-17H2,1-2H3,(H,28,29)/t20-,24-/m0/s1. The number of benzene rings is 1. The Morgan fingerprint density at radius 1 is 1.06 bits per heavy atom. The second-order valence-corrected chi connectivity index (χ2v) is 9.56. The van der Waals surface area contributed by atoms with Crippen LogP contribution in [0.3, 0.4) is 0 Å². The molecule has 2 atom stereocenters. The number of carbonyl (C=O) groups excluding carboxylic acids is 2. The number of aromatic nitrogens is 2. The molecule has 2 fully saturated rings. The molecule has 3 heterocycles. The van der Waals surface area contributed by atoms with Gasteiger partial charge < -0.3 is 14.5 Å². The lowest BCUT2D eigenvalue weighted by atomic mass is 9.90. The fraction of sp³-hybridized carbons (Fsp3) is 0.577. The molecule has 0 aliphatic carbocycles. The first-order chi connectivity index (χ1) is 16.4. The SMILES string of the molecule is Cc1n[nH]c(C)c1CCC(=O)N1CC[C@H](Oc2ccc(F)cc2)[C@@H](CC(=O)N2CCCCC2)C1. The number of hydrogen-bond acceptors (Lipinski definition) is 4. The Morgan fingerprint density at radius 3 is 2.47 bits per heavy atom. The fourth-order valence-corrected chi connectivity index (χ4v) is 5.11. The summed E-state index contributed by atoms with van der Waals surface area (Å²) in [4.78, 5) is 29.9. The third-order valence-electron chi connectivity index (χ3n) is 7.13. The molecule has 2 aromatic rings. The summed E-state index contributed by atoms with van der Waals surface area (Å²) in [5, 5.41) is 7.19. The Hall–Kier alpha value is -2.90. The van der Waals surface area contributed by atoms with Crippen LogP contribution >= 0.6 is 0 Å². The van der Waals surface area contributed by atoms with Gasteiger partial charge in [-0.1, -0.05) is 0 Å². The number of nitrogens with zero attached hydrogens (tertiary/aromatic N) is 3. The number of amides is 2. The first kappa shape index (κ1) is 24.2. The first-order valence-corrected chi connectivity index (χ1v) is 12.4. The largest absolute Gasteiger partial charge is 0.490 e. The zero-order valence-electron chi connectivity index (χ0n) is 20.2. The van der Waals surface area contributed by atoms with Crippen LogP contribution in [0.15, 0.2) is 24.3 Å². The number of H-pyrrole nitrogens is 1. The van der Waals surface area contributed by atoms with Gasteiger partial charge >= 0.3 is 0 Å². The number of rotatable bonds is 7. The maximum atomic E-state index is 13.3. The number of aromatic amines is 1. The second kappa shape index (κ2) is 11.0. The number of nitrogens with one attached hydrogen (secondary N) is 1. The van der Waals surface area contributed by atoms with Crippen molar-refractivity contribution in [3.05, 3.63) is 47.0 Å². The van der Waals surface area contributed by atoms with Crippen molar-refractivity contribution in [2.45, 2.75) is 64.9 Å². The van der Waals surface area contributed by atoms with Crippen LogP contribution in [0.2, 0.25) is 0 Å². The Morgan fingerprint density at radius 2 is 1.79 bits per heavy atom. The number of carbonyl (C=O) groups is 2. The predicted octanol–water partition coefficient (Wildman–Crippen LogP) is 3.80. The lowest BCUT2D eigenvalue weighted by Gasteiger charge is -2.39. The van der Waals surface area contributed by atoms with E-state index in [1.807, 2.05) is 23.6 Å². The molecular weight excluding hydrogens is 435 g/mol. The third kappa shape index (κ3) is 5.96. The van der Waals surface area contributed by atoms with E-state index >= 15 is 0 Å². The van der Waals surface area contributed by atoms with Crippen molar-refractivity contribution in [2.75, 3.05) is 26.2 Å². The lowest BCUT2D eigenvalue weighted by molar-refractivity contribution is -0.139. The van der Waals surface area contributed by atoms with Gasteiger partial charge in [-0.15, -0.1) is 0 Å². The normalized spacial score (nSPS) is 20.9. The number of halogens is 1. The number of hydrogen-bond donors (Lipinski definition) is 1. The molecule has 184 valence electrons. The lowest BCUT2D eigenvalue weighted by Crippen LogP contribution is -2.50. The Kier molecular flexibility index (Phi) is 7.85. The molecule has 0 bridgehead atoms. The number of piperidine rings is 2. The monoisotopic (exact) mass is 470 g/mol. The third-order valence-corrected chi connectivity index (χ3v) is 7.13. The molecule has 0 spiro atoms. The molecule has 2 amide bonds. The van der Waals surface area contributed by atoms with E-state index in [4.69, 9.17) is 4.74 Å². The average molecular weight is 471 g/mol. The van der Waals surface area contributed by atoms with Gasteiger partial charge in [0.15, 0.2) is 0 Å². The molecule has 0 radical (unpaired) electrons.